The number of ether oxygens (including phenoxy) is 3. The van der Waals surface area contributed by atoms with Gasteiger partial charge in [0, 0.05) is 13.2 Å². The van der Waals surface area contributed by atoms with Gasteiger partial charge in [-0.3, -0.25) is 4.79 Å². The van der Waals surface area contributed by atoms with Gasteiger partial charge in [0.15, 0.2) is 6.29 Å². The van der Waals surface area contributed by atoms with Crippen LogP contribution in [0.4, 0.5) is 0 Å². The summed E-state index contributed by atoms with van der Waals surface area (Å²) in [5.74, 6) is 0. The van der Waals surface area contributed by atoms with Crippen molar-refractivity contribution < 1.29 is 29.2 Å². The molecule has 0 aromatic rings. The average molecular weight is 280 g/mol. The Morgan fingerprint density at radius 2 is 1.53 bits per heavy atom. The molecule has 116 valence electrons. The van der Waals surface area contributed by atoms with E-state index in [2.05, 4.69) is 13.8 Å². The lowest BCUT2D eigenvalue weighted by Crippen LogP contribution is -2.25. The molecule has 0 bridgehead atoms. The number of carboxylic acid groups (broad SMARTS) is 1. The maximum Gasteiger partial charge on any atom is 0.290 e. The molecule has 0 atom stereocenters. The maximum absolute atomic E-state index is 8.60. The van der Waals surface area contributed by atoms with E-state index in [1.54, 1.807) is 0 Å². The quantitative estimate of drug-likeness (QED) is 0.321. The van der Waals surface area contributed by atoms with Crippen LogP contribution in [-0.4, -0.2) is 56.0 Å². The summed E-state index contributed by atoms with van der Waals surface area (Å²) in [5.41, 5.74) is 0. The average Bonchev–Trinajstić information content (AvgIpc) is 2.40. The van der Waals surface area contributed by atoms with E-state index in [-0.39, 0.29) is 19.4 Å². The first kappa shape index (κ1) is 20.6. The second-order valence-corrected chi connectivity index (χ2v) is 3.78. The molecule has 0 heterocycles. The van der Waals surface area contributed by atoms with E-state index in [1.807, 2.05) is 0 Å². The standard InChI is InChI=1S/C12H26O4.CH2O2/c1-3-5-8-15-12(11-14-10-7-13)16-9-6-4-2;2-1-3/h12-13H,3-11H2,1-2H3;1H,(H,2,3). The van der Waals surface area contributed by atoms with Crippen LogP contribution in [0.3, 0.4) is 0 Å². The lowest BCUT2D eigenvalue weighted by atomic mass is 10.3. The van der Waals surface area contributed by atoms with Gasteiger partial charge >= 0.3 is 0 Å². The van der Waals surface area contributed by atoms with Crippen molar-refractivity contribution >= 4 is 6.47 Å². The van der Waals surface area contributed by atoms with Gasteiger partial charge in [-0.25, -0.2) is 0 Å². The summed E-state index contributed by atoms with van der Waals surface area (Å²) < 4.78 is 16.3. The van der Waals surface area contributed by atoms with Crippen LogP contribution in [0, 0.1) is 0 Å². The molecule has 0 rings (SSSR count). The third kappa shape index (κ3) is 19.8. The number of unbranched alkanes of at least 4 members (excludes halogenated alkanes) is 2. The van der Waals surface area contributed by atoms with Crippen molar-refractivity contribution in [2.24, 2.45) is 0 Å². The fourth-order valence-electron chi connectivity index (χ4n) is 1.11. The van der Waals surface area contributed by atoms with Crippen LogP contribution in [0.25, 0.3) is 0 Å². The van der Waals surface area contributed by atoms with Gasteiger partial charge < -0.3 is 24.4 Å². The Morgan fingerprint density at radius 3 is 1.89 bits per heavy atom. The van der Waals surface area contributed by atoms with Gasteiger partial charge in [0.25, 0.3) is 6.47 Å². The van der Waals surface area contributed by atoms with Crippen LogP contribution in [0.1, 0.15) is 39.5 Å². The van der Waals surface area contributed by atoms with Crippen LogP contribution in [0.2, 0.25) is 0 Å². The van der Waals surface area contributed by atoms with Crippen molar-refractivity contribution in [1.82, 2.24) is 0 Å². The maximum atomic E-state index is 8.60. The number of carbonyl (C=O) groups is 1. The zero-order chi connectivity index (χ0) is 14.8. The monoisotopic (exact) mass is 280 g/mol. The summed E-state index contributed by atoms with van der Waals surface area (Å²) in [5, 5.41) is 15.5. The molecule has 0 aromatic carbocycles. The van der Waals surface area contributed by atoms with Gasteiger partial charge in [-0.05, 0) is 12.8 Å². The van der Waals surface area contributed by atoms with Crippen LogP contribution < -0.4 is 0 Å². The zero-order valence-corrected chi connectivity index (χ0v) is 12.0. The molecule has 0 radical (unpaired) electrons. The molecule has 0 amide bonds. The molecule has 0 aliphatic heterocycles. The molecule has 6 heteroatoms. The molecule has 0 saturated heterocycles. The molecule has 2 N–H and O–H groups in total. The molecule has 0 spiro atoms. The van der Waals surface area contributed by atoms with Crippen molar-refractivity contribution in [1.29, 1.82) is 0 Å². The molecule has 6 nitrogen and oxygen atoms in total. The first-order chi connectivity index (χ1) is 9.26. The molecular formula is C13H28O6. The highest BCUT2D eigenvalue weighted by molar-refractivity contribution is 5.32. The van der Waals surface area contributed by atoms with E-state index >= 15 is 0 Å². The summed E-state index contributed by atoms with van der Waals surface area (Å²) in [6.45, 7) is 6.18. The van der Waals surface area contributed by atoms with Crippen molar-refractivity contribution in [2.45, 2.75) is 45.8 Å². The van der Waals surface area contributed by atoms with E-state index in [9.17, 15) is 0 Å². The summed E-state index contributed by atoms with van der Waals surface area (Å²) in [6, 6.07) is 0. The first-order valence-electron chi connectivity index (χ1n) is 6.76. The summed E-state index contributed by atoms with van der Waals surface area (Å²) >= 11 is 0. The van der Waals surface area contributed by atoms with E-state index in [0.29, 0.717) is 26.4 Å². The second kappa shape index (κ2) is 19.6. The molecule has 0 saturated carbocycles. The second-order valence-electron chi connectivity index (χ2n) is 3.78. The Kier molecular flexibility index (Phi) is 21.3. The molecule has 0 aliphatic carbocycles. The minimum atomic E-state index is -0.287. The van der Waals surface area contributed by atoms with Crippen molar-refractivity contribution in [3.63, 3.8) is 0 Å². The molecule has 0 aromatic heterocycles. The van der Waals surface area contributed by atoms with Gasteiger partial charge in [-0.2, -0.15) is 0 Å². The van der Waals surface area contributed by atoms with Crippen molar-refractivity contribution in [3.8, 4) is 0 Å². The van der Waals surface area contributed by atoms with Gasteiger partial charge in [-0.15, -0.1) is 0 Å². The summed E-state index contributed by atoms with van der Waals surface area (Å²) in [4.78, 5) is 8.36. The van der Waals surface area contributed by atoms with E-state index in [4.69, 9.17) is 29.2 Å². The number of rotatable bonds is 12. The lowest BCUT2D eigenvalue weighted by molar-refractivity contribution is -0.174. The lowest BCUT2D eigenvalue weighted by Gasteiger charge is -2.18. The highest BCUT2D eigenvalue weighted by Gasteiger charge is 2.08. The van der Waals surface area contributed by atoms with Crippen LogP contribution in [0.5, 0.6) is 0 Å². The molecular weight excluding hydrogens is 252 g/mol. The highest BCUT2D eigenvalue weighted by atomic mass is 16.7. The van der Waals surface area contributed by atoms with Crippen LogP contribution in [-0.2, 0) is 19.0 Å². The SMILES string of the molecule is CCCCOC(COCCO)OCCCC.O=CO. The largest absolute Gasteiger partial charge is 0.483 e. The first-order valence-corrected chi connectivity index (χ1v) is 6.76. The van der Waals surface area contributed by atoms with Gasteiger partial charge in [-0.1, -0.05) is 26.7 Å². The number of aliphatic hydroxyl groups is 1. The third-order valence-electron chi connectivity index (χ3n) is 2.09. The summed E-state index contributed by atoms with van der Waals surface area (Å²) in [7, 11) is 0. The molecule has 19 heavy (non-hydrogen) atoms. The zero-order valence-electron chi connectivity index (χ0n) is 12.0. The topological polar surface area (TPSA) is 85.2 Å². The minimum absolute atomic E-state index is 0.0383. The fraction of sp³-hybridized carbons (Fsp3) is 0.923. The minimum Gasteiger partial charge on any atom is -0.483 e. The van der Waals surface area contributed by atoms with Gasteiger partial charge in [0.05, 0.1) is 19.8 Å². The predicted octanol–water partition coefficient (Wildman–Crippen LogP) is 1.66. The van der Waals surface area contributed by atoms with E-state index < -0.39 is 0 Å². The smallest absolute Gasteiger partial charge is 0.290 e. The fourth-order valence-corrected chi connectivity index (χ4v) is 1.11. The Labute approximate surface area is 115 Å². The number of hydrogen-bond acceptors (Lipinski definition) is 5. The Hall–Kier alpha value is -0.690. The van der Waals surface area contributed by atoms with Crippen molar-refractivity contribution in [3.05, 3.63) is 0 Å². The summed E-state index contributed by atoms with van der Waals surface area (Å²) in [6.07, 6.45) is 4.00. The molecule has 0 unspecified atom stereocenters. The number of hydrogen-bond donors (Lipinski definition) is 2. The van der Waals surface area contributed by atoms with E-state index in [1.165, 1.54) is 0 Å². The van der Waals surface area contributed by atoms with Gasteiger partial charge in [0.1, 0.15) is 0 Å². The Bertz CT molecular complexity index is 141. The van der Waals surface area contributed by atoms with E-state index in [0.717, 1.165) is 25.7 Å². The Morgan fingerprint density at radius 1 is 1.05 bits per heavy atom. The van der Waals surface area contributed by atoms with Crippen LogP contribution in [0.15, 0.2) is 0 Å². The molecule has 0 fully saturated rings. The third-order valence-corrected chi connectivity index (χ3v) is 2.09. The predicted molar refractivity (Wildman–Crippen MR) is 72.1 cm³/mol. The van der Waals surface area contributed by atoms with Crippen LogP contribution >= 0.6 is 0 Å². The Balaban J connectivity index is 0. The molecule has 0 aliphatic rings. The van der Waals surface area contributed by atoms with Crippen molar-refractivity contribution in [2.75, 3.05) is 33.0 Å². The normalized spacial score (nSPS) is 10.1. The van der Waals surface area contributed by atoms with Gasteiger partial charge in [0.2, 0.25) is 0 Å². The highest BCUT2D eigenvalue weighted by Crippen LogP contribution is 2.01. The number of aliphatic hydroxyl groups excluding tert-OH is 1.